The lowest BCUT2D eigenvalue weighted by Crippen LogP contribution is -2.24. The average molecular weight is 364 g/mol. The van der Waals surface area contributed by atoms with E-state index in [9.17, 15) is 9.59 Å². The zero-order valence-corrected chi connectivity index (χ0v) is 14.2. The number of furan rings is 1. The lowest BCUT2D eigenvalue weighted by Gasteiger charge is -2.11. The standard InChI is InChI=1S/C20H16N2O5/c23-19(14-7-8-25-11-14)22-16-4-2-1-3-15(16)20(24)21-10-13-5-6-17-18(9-13)27-12-26-17/h1-9,11H,10,12H2,(H,21,24)(H,22,23). The Hall–Kier alpha value is -3.74. The summed E-state index contributed by atoms with van der Waals surface area (Å²) in [5, 5.41) is 5.58. The minimum absolute atomic E-state index is 0.203. The Morgan fingerprint density at radius 1 is 0.963 bits per heavy atom. The van der Waals surface area contributed by atoms with Crippen LogP contribution in [0.15, 0.2) is 65.5 Å². The summed E-state index contributed by atoms with van der Waals surface area (Å²) in [4.78, 5) is 24.8. The number of fused-ring (bicyclic) bond motifs is 1. The van der Waals surface area contributed by atoms with E-state index in [2.05, 4.69) is 10.6 Å². The molecule has 0 unspecified atom stereocenters. The zero-order valence-electron chi connectivity index (χ0n) is 14.2. The molecular formula is C20H16N2O5. The third-order valence-corrected chi connectivity index (χ3v) is 4.09. The maximum atomic E-state index is 12.6. The van der Waals surface area contributed by atoms with Crippen LogP contribution >= 0.6 is 0 Å². The molecule has 0 bridgehead atoms. The van der Waals surface area contributed by atoms with E-state index in [1.54, 1.807) is 30.3 Å². The topological polar surface area (TPSA) is 89.8 Å². The Kier molecular flexibility index (Phi) is 4.49. The summed E-state index contributed by atoms with van der Waals surface area (Å²) >= 11 is 0. The number of benzene rings is 2. The third kappa shape index (κ3) is 3.62. The maximum Gasteiger partial charge on any atom is 0.258 e. The van der Waals surface area contributed by atoms with Crippen molar-refractivity contribution in [2.24, 2.45) is 0 Å². The highest BCUT2D eigenvalue weighted by molar-refractivity contribution is 6.08. The zero-order chi connectivity index (χ0) is 18.6. The van der Waals surface area contributed by atoms with Crippen molar-refractivity contribution in [3.05, 3.63) is 77.7 Å². The van der Waals surface area contributed by atoms with Crippen LogP contribution in [0.1, 0.15) is 26.3 Å². The Morgan fingerprint density at radius 2 is 1.81 bits per heavy atom. The summed E-state index contributed by atoms with van der Waals surface area (Å²) in [6.07, 6.45) is 2.76. The fourth-order valence-electron chi connectivity index (χ4n) is 2.71. The van der Waals surface area contributed by atoms with Crippen LogP contribution in [0.3, 0.4) is 0 Å². The van der Waals surface area contributed by atoms with Gasteiger partial charge in [-0.15, -0.1) is 0 Å². The minimum Gasteiger partial charge on any atom is -0.472 e. The number of rotatable bonds is 5. The van der Waals surface area contributed by atoms with Gasteiger partial charge in [-0.3, -0.25) is 9.59 Å². The molecule has 2 N–H and O–H groups in total. The molecule has 4 rings (SSSR count). The minimum atomic E-state index is -0.347. The van der Waals surface area contributed by atoms with Crippen molar-refractivity contribution in [2.75, 3.05) is 12.1 Å². The summed E-state index contributed by atoms with van der Waals surface area (Å²) in [5.74, 6) is 0.711. The predicted molar refractivity (Wildman–Crippen MR) is 96.8 cm³/mol. The van der Waals surface area contributed by atoms with E-state index in [4.69, 9.17) is 13.9 Å². The van der Waals surface area contributed by atoms with E-state index >= 15 is 0 Å². The molecule has 0 fully saturated rings. The molecule has 1 aromatic heterocycles. The molecule has 136 valence electrons. The molecule has 2 amide bonds. The number of hydrogen-bond acceptors (Lipinski definition) is 5. The normalized spacial score (nSPS) is 11.9. The molecule has 2 heterocycles. The van der Waals surface area contributed by atoms with Gasteiger partial charge in [-0.2, -0.15) is 0 Å². The van der Waals surface area contributed by atoms with Crippen LogP contribution in [0, 0.1) is 0 Å². The average Bonchev–Trinajstić information content (AvgIpc) is 3.38. The monoisotopic (exact) mass is 364 g/mol. The molecule has 0 saturated heterocycles. The van der Waals surface area contributed by atoms with E-state index in [0.29, 0.717) is 34.9 Å². The van der Waals surface area contributed by atoms with E-state index in [1.165, 1.54) is 12.5 Å². The highest BCUT2D eigenvalue weighted by Gasteiger charge is 2.16. The first-order chi connectivity index (χ1) is 13.2. The first kappa shape index (κ1) is 16.7. The number of ether oxygens (including phenoxy) is 2. The predicted octanol–water partition coefficient (Wildman–Crippen LogP) is 3.19. The van der Waals surface area contributed by atoms with E-state index in [0.717, 1.165) is 5.56 Å². The molecule has 0 saturated carbocycles. The molecular weight excluding hydrogens is 348 g/mol. The van der Waals surface area contributed by atoms with Crippen molar-refractivity contribution in [1.82, 2.24) is 5.32 Å². The second kappa shape index (κ2) is 7.25. The van der Waals surface area contributed by atoms with Crippen LogP contribution in [0.25, 0.3) is 0 Å². The third-order valence-electron chi connectivity index (χ3n) is 4.09. The molecule has 0 aliphatic carbocycles. The highest BCUT2D eigenvalue weighted by Crippen LogP contribution is 2.32. The van der Waals surface area contributed by atoms with Gasteiger partial charge in [0.25, 0.3) is 11.8 Å². The van der Waals surface area contributed by atoms with Crippen LogP contribution in [-0.4, -0.2) is 18.6 Å². The number of carbonyl (C=O) groups is 2. The van der Waals surface area contributed by atoms with Gasteiger partial charge in [0.15, 0.2) is 11.5 Å². The number of amides is 2. The Balaban J connectivity index is 1.45. The SMILES string of the molecule is O=C(Nc1ccccc1C(=O)NCc1ccc2c(c1)OCO2)c1ccoc1. The number of para-hydroxylation sites is 1. The number of nitrogens with one attached hydrogen (secondary N) is 2. The molecule has 27 heavy (non-hydrogen) atoms. The van der Waals surface area contributed by atoms with Crippen molar-refractivity contribution in [3.8, 4) is 11.5 Å². The lowest BCUT2D eigenvalue weighted by atomic mass is 10.1. The van der Waals surface area contributed by atoms with Crippen molar-refractivity contribution in [2.45, 2.75) is 6.54 Å². The molecule has 0 radical (unpaired) electrons. The summed E-state index contributed by atoms with van der Waals surface area (Å²) < 4.78 is 15.5. The van der Waals surface area contributed by atoms with Crippen LogP contribution < -0.4 is 20.1 Å². The number of anilines is 1. The first-order valence-electron chi connectivity index (χ1n) is 8.30. The molecule has 0 spiro atoms. The summed E-state index contributed by atoms with van der Waals surface area (Å²) in [7, 11) is 0. The largest absolute Gasteiger partial charge is 0.472 e. The van der Waals surface area contributed by atoms with Gasteiger partial charge in [-0.25, -0.2) is 0 Å². The van der Waals surface area contributed by atoms with Crippen molar-refractivity contribution < 1.29 is 23.5 Å². The smallest absolute Gasteiger partial charge is 0.258 e. The second-order valence-corrected chi connectivity index (χ2v) is 5.88. The molecule has 1 aliphatic heterocycles. The quantitative estimate of drug-likeness (QED) is 0.726. The van der Waals surface area contributed by atoms with Crippen LogP contribution in [0.2, 0.25) is 0 Å². The van der Waals surface area contributed by atoms with Crippen LogP contribution in [0.5, 0.6) is 11.5 Å². The number of hydrogen-bond donors (Lipinski definition) is 2. The molecule has 0 atom stereocenters. The van der Waals surface area contributed by atoms with Crippen molar-refractivity contribution in [3.63, 3.8) is 0 Å². The van der Waals surface area contributed by atoms with Gasteiger partial charge >= 0.3 is 0 Å². The van der Waals surface area contributed by atoms with Crippen LogP contribution in [0.4, 0.5) is 5.69 Å². The summed E-state index contributed by atoms with van der Waals surface area (Å²) in [5.41, 5.74) is 2.06. The molecule has 7 heteroatoms. The summed E-state index contributed by atoms with van der Waals surface area (Å²) in [6, 6.07) is 13.9. The van der Waals surface area contributed by atoms with E-state index in [1.807, 2.05) is 18.2 Å². The fraction of sp³-hybridized carbons (Fsp3) is 0.100. The molecule has 7 nitrogen and oxygen atoms in total. The fourth-order valence-corrected chi connectivity index (χ4v) is 2.71. The van der Waals surface area contributed by atoms with Gasteiger partial charge < -0.3 is 24.5 Å². The highest BCUT2D eigenvalue weighted by atomic mass is 16.7. The summed E-state index contributed by atoms with van der Waals surface area (Å²) in [6.45, 7) is 0.522. The van der Waals surface area contributed by atoms with Crippen LogP contribution in [-0.2, 0) is 6.54 Å². The van der Waals surface area contributed by atoms with Gasteiger partial charge in [-0.1, -0.05) is 18.2 Å². The Morgan fingerprint density at radius 3 is 2.67 bits per heavy atom. The van der Waals surface area contributed by atoms with E-state index in [-0.39, 0.29) is 18.6 Å². The van der Waals surface area contributed by atoms with Gasteiger partial charge in [-0.05, 0) is 35.9 Å². The molecule has 1 aliphatic rings. The molecule has 2 aromatic carbocycles. The lowest BCUT2D eigenvalue weighted by molar-refractivity contribution is 0.0951. The van der Waals surface area contributed by atoms with Gasteiger partial charge in [0.05, 0.1) is 23.1 Å². The Labute approximate surface area is 154 Å². The van der Waals surface area contributed by atoms with Crippen molar-refractivity contribution in [1.29, 1.82) is 0 Å². The van der Waals surface area contributed by atoms with Gasteiger partial charge in [0.2, 0.25) is 6.79 Å². The van der Waals surface area contributed by atoms with Gasteiger partial charge in [0, 0.05) is 6.54 Å². The molecule has 3 aromatic rings. The second-order valence-electron chi connectivity index (χ2n) is 5.88. The Bertz CT molecular complexity index is 982. The van der Waals surface area contributed by atoms with E-state index < -0.39 is 0 Å². The number of carbonyl (C=O) groups excluding carboxylic acids is 2. The first-order valence-corrected chi connectivity index (χ1v) is 8.30. The maximum absolute atomic E-state index is 12.6. The van der Waals surface area contributed by atoms with Crippen molar-refractivity contribution >= 4 is 17.5 Å². The van der Waals surface area contributed by atoms with Gasteiger partial charge in [0.1, 0.15) is 6.26 Å².